The Balaban J connectivity index is 2.39. The maximum Gasteiger partial charge on any atom is 0.513 e. The summed E-state index contributed by atoms with van der Waals surface area (Å²) < 4.78 is 43.2. The highest BCUT2D eigenvalue weighted by Gasteiger charge is 2.23. The first kappa shape index (κ1) is 35.1. The third-order valence-electron chi connectivity index (χ3n) is 5.35. The van der Waals surface area contributed by atoms with E-state index in [-0.39, 0.29) is 40.6 Å². The van der Waals surface area contributed by atoms with E-state index in [1.54, 1.807) is 6.92 Å². The number of carboxylic acids is 1. The van der Waals surface area contributed by atoms with Crippen molar-refractivity contribution in [3.8, 4) is 23.0 Å². The summed E-state index contributed by atoms with van der Waals surface area (Å²) in [6.45, 7) is 1.62. The second-order valence-corrected chi connectivity index (χ2v) is 8.20. The molecule has 0 aromatic heterocycles. The number of carbonyl (C=O) groups excluding carboxylic acids is 5. The second kappa shape index (κ2) is 17.2. The number of hydrogen-bond acceptors (Lipinski definition) is 15. The van der Waals surface area contributed by atoms with Gasteiger partial charge < -0.3 is 47.7 Å². The van der Waals surface area contributed by atoms with Crippen molar-refractivity contribution < 1.29 is 76.5 Å². The summed E-state index contributed by atoms with van der Waals surface area (Å²) in [6.07, 6.45) is -2.43. The van der Waals surface area contributed by atoms with E-state index >= 15 is 0 Å². The highest BCUT2D eigenvalue weighted by molar-refractivity contribution is 5.93. The SMILES string of the molecule is CCC(OC(=O)/C=C/c1ccc(OC(=O)OC)c(OC(=O)OC)c1)/C(=C/C(=O)O)c1ccc(OC(=O)OC)c(OC(=O)OC)c1. The van der Waals surface area contributed by atoms with Crippen LogP contribution >= 0.6 is 0 Å². The van der Waals surface area contributed by atoms with Crippen LogP contribution in [0.15, 0.2) is 48.6 Å². The topological polar surface area (TPSA) is 206 Å². The molecule has 0 aliphatic carbocycles. The zero-order chi connectivity index (χ0) is 33.5. The number of carbonyl (C=O) groups is 6. The van der Waals surface area contributed by atoms with Crippen LogP contribution in [-0.4, -0.2) is 76.2 Å². The van der Waals surface area contributed by atoms with Gasteiger partial charge in [0, 0.05) is 17.7 Å². The van der Waals surface area contributed by atoms with Crippen LogP contribution in [0, 0.1) is 0 Å². The van der Waals surface area contributed by atoms with Gasteiger partial charge in [-0.3, -0.25) is 0 Å². The predicted octanol–water partition coefficient (Wildman–Crippen LogP) is 4.77. The summed E-state index contributed by atoms with van der Waals surface area (Å²) in [5.41, 5.74) is 0.412. The highest BCUT2D eigenvalue weighted by atomic mass is 16.8. The number of ether oxygens (including phenoxy) is 9. The maximum absolute atomic E-state index is 12.8. The van der Waals surface area contributed by atoms with Gasteiger partial charge in [-0.1, -0.05) is 19.1 Å². The third kappa shape index (κ3) is 10.9. The lowest BCUT2D eigenvalue weighted by Crippen LogP contribution is -2.19. The second-order valence-electron chi connectivity index (χ2n) is 8.20. The molecular weight excluding hydrogens is 604 g/mol. The lowest BCUT2D eigenvalue weighted by Gasteiger charge is -2.20. The van der Waals surface area contributed by atoms with Crippen LogP contribution in [0.2, 0.25) is 0 Å². The molecule has 240 valence electrons. The Morgan fingerprint density at radius 1 is 0.689 bits per heavy atom. The van der Waals surface area contributed by atoms with Crippen molar-refractivity contribution in [1.29, 1.82) is 0 Å². The van der Waals surface area contributed by atoms with E-state index < -0.39 is 42.7 Å². The molecule has 0 aliphatic rings. The molecule has 2 aromatic rings. The molecule has 0 saturated carbocycles. The van der Waals surface area contributed by atoms with Crippen LogP contribution in [0.1, 0.15) is 24.5 Å². The number of methoxy groups -OCH3 is 4. The van der Waals surface area contributed by atoms with Crippen LogP contribution in [0.4, 0.5) is 19.2 Å². The molecule has 16 heteroatoms. The Bertz CT molecular complexity index is 1490. The van der Waals surface area contributed by atoms with Crippen LogP contribution in [0.5, 0.6) is 23.0 Å². The molecule has 0 saturated heterocycles. The molecule has 2 rings (SSSR count). The quantitative estimate of drug-likeness (QED) is 0.153. The summed E-state index contributed by atoms with van der Waals surface area (Å²) in [5.74, 6) is -3.28. The number of esters is 1. The molecule has 0 heterocycles. The van der Waals surface area contributed by atoms with Gasteiger partial charge in [-0.05, 0) is 47.9 Å². The lowest BCUT2D eigenvalue weighted by molar-refractivity contribution is -0.140. The smallest absolute Gasteiger partial charge is 0.478 e. The Morgan fingerprint density at radius 3 is 1.62 bits per heavy atom. The van der Waals surface area contributed by atoms with E-state index in [1.165, 1.54) is 42.5 Å². The van der Waals surface area contributed by atoms with Gasteiger partial charge in [-0.2, -0.15) is 0 Å². The molecule has 45 heavy (non-hydrogen) atoms. The fourth-order valence-corrected chi connectivity index (χ4v) is 3.38. The third-order valence-corrected chi connectivity index (χ3v) is 5.35. The standard InChI is InChI=1S/C29H28O16/c1-6-19(18(15-24(30)31)17-9-11-21(43-27(34)38-3)23(14-17)45-29(36)40-5)41-25(32)12-8-16-7-10-20(42-26(33)37-2)22(13-16)44-28(35)39-4/h7-15,19H,6H2,1-5H3,(H,30,31)/b12-8+,18-15+. The summed E-state index contributed by atoms with van der Waals surface area (Å²) in [7, 11) is 4.25. The molecule has 0 radical (unpaired) electrons. The average Bonchev–Trinajstić information content (AvgIpc) is 3.02. The van der Waals surface area contributed by atoms with Gasteiger partial charge >= 0.3 is 36.6 Å². The summed E-state index contributed by atoms with van der Waals surface area (Å²) in [6, 6.07) is 7.66. The zero-order valence-electron chi connectivity index (χ0n) is 24.6. The van der Waals surface area contributed by atoms with Gasteiger partial charge in [0.1, 0.15) is 6.10 Å². The van der Waals surface area contributed by atoms with Crippen molar-refractivity contribution in [3.63, 3.8) is 0 Å². The van der Waals surface area contributed by atoms with Crippen LogP contribution in [-0.2, 0) is 33.3 Å². The normalized spacial score (nSPS) is 11.4. The first-order valence-electron chi connectivity index (χ1n) is 12.6. The van der Waals surface area contributed by atoms with Gasteiger partial charge in [0.05, 0.1) is 28.4 Å². The molecule has 1 unspecified atom stereocenters. The van der Waals surface area contributed by atoms with Gasteiger partial charge in [0.25, 0.3) is 0 Å². The number of aliphatic carboxylic acids is 1. The van der Waals surface area contributed by atoms with Crippen LogP contribution in [0.25, 0.3) is 11.6 Å². The van der Waals surface area contributed by atoms with Crippen molar-refractivity contribution in [2.24, 2.45) is 0 Å². The Kier molecular flexibility index (Phi) is 13.4. The molecule has 0 fully saturated rings. The van der Waals surface area contributed by atoms with Crippen LogP contribution in [0.3, 0.4) is 0 Å². The van der Waals surface area contributed by atoms with E-state index in [9.17, 15) is 33.9 Å². The van der Waals surface area contributed by atoms with E-state index in [0.717, 1.165) is 40.6 Å². The predicted molar refractivity (Wildman–Crippen MR) is 150 cm³/mol. The number of carboxylic acid groups (broad SMARTS) is 1. The number of rotatable bonds is 11. The molecule has 1 N–H and O–H groups in total. The lowest BCUT2D eigenvalue weighted by atomic mass is 9.97. The number of hydrogen-bond donors (Lipinski definition) is 1. The van der Waals surface area contributed by atoms with Crippen molar-refractivity contribution in [2.45, 2.75) is 19.4 Å². The summed E-state index contributed by atoms with van der Waals surface area (Å²) in [5, 5.41) is 9.53. The fraction of sp³-hybridized carbons (Fsp3) is 0.241. The van der Waals surface area contributed by atoms with E-state index in [4.69, 9.17) is 23.7 Å². The summed E-state index contributed by atoms with van der Waals surface area (Å²) in [4.78, 5) is 71.0. The van der Waals surface area contributed by atoms with Gasteiger partial charge in [0.15, 0.2) is 23.0 Å². The molecule has 0 aliphatic heterocycles. The number of benzene rings is 2. The van der Waals surface area contributed by atoms with Crippen LogP contribution < -0.4 is 18.9 Å². The Labute approximate surface area is 255 Å². The molecule has 0 spiro atoms. The molecular formula is C29H28O16. The Hall–Kier alpha value is -6.06. The molecule has 0 bridgehead atoms. The first-order chi connectivity index (χ1) is 21.4. The van der Waals surface area contributed by atoms with Crippen molar-refractivity contribution in [1.82, 2.24) is 0 Å². The largest absolute Gasteiger partial charge is 0.513 e. The molecule has 2 aromatic carbocycles. The highest BCUT2D eigenvalue weighted by Crippen LogP contribution is 2.34. The first-order valence-corrected chi connectivity index (χ1v) is 12.6. The molecule has 0 amide bonds. The minimum atomic E-state index is -1.38. The fourth-order valence-electron chi connectivity index (χ4n) is 3.38. The van der Waals surface area contributed by atoms with E-state index in [2.05, 4.69) is 18.9 Å². The molecule has 16 nitrogen and oxygen atoms in total. The molecule has 1 atom stereocenters. The zero-order valence-corrected chi connectivity index (χ0v) is 24.6. The van der Waals surface area contributed by atoms with Gasteiger partial charge in [0.2, 0.25) is 0 Å². The summed E-state index contributed by atoms with van der Waals surface area (Å²) >= 11 is 0. The van der Waals surface area contributed by atoms with Gasteiger partial charge in [-0.25, -0.2) is 28.8 Å². The van der Waals surface area contributed by atoms with E-state index in [0.29, 0.717) is 5.56 Å². The average molecular weight is 633 g/mol. The van der Waals surface area contributed by atoms with Crippen molar-refractivity contribution >= 4 is 48.2 Å². The maximum atomic E-state index is 12.8. The minimum Gasteiger partial charge on any atom is -0.478 e. The van der Waals surface area contributed by atoms with Crippen molar-refractivity contribution in [3.05, 3.63) is 59.7 Å². The van der Waals surface area contributed by atoms with E-state index in [1.807, 2.05) is 0 Å². The Morgan fingerprint density at radius 2 is 1.16 bits per heavy atom. The van der Waals surface area contributed by atoms with Crippen molar-refractivity contribution in [2.75, 3.05) is 28.4 Å². The monoisotopic (exact) mass is 632 g/mol. The van der Waals surface area contributed by atoms with Gasteiger partial charge in [-0.15, -0.1) is 0 Å². The minimum absolute atomic E-state index is 0.0100.